The van der Waals surface area contributed by atoms with Gasteiger partial charge < -0.3 is 10.2 Å². The van der Waals surface area contributed by atoms with E-state index in [4.69, 9.17) is 0 Å². The van der Waals surface area contributed by atoms with Crippen molar-refractivity contribution in [1.29, 1.82) is 0 Å². The fraction of sp³-hybridized carbons (Fsp3) is 0.769. The number of carbonyl (C=O) groups is 1. The van der Waals surface area contributed by atoms with Crippen molar-refractivity contribution in [2.75, 3.05) is 19.6 Å². The highest BCUT2D eigenvalue weighted by molar-refractivity contribution is 5.80. The maximum atomic E-state index is 12.5. The van der Waals surface area contributed by atoms with E-state index < -0.39 is 0 Å². The maximum absolute atomic E-state index is 12.5. The van der Waals surface area contributed by atoms with Gasteiger partial charge in [-0.15, -0.1) is 0 Å². The van der Waals surface area contributed by atoms with E-state index in [-0.39, 0.29) is 5.92 Å². The van der Waals surface area contributed by atoms with Gasteiger partial charge in [0.05, 0.1) is 0 Å². The number of carbonyl (C=O) groups excluding carboxylic acids is 1. The summed E-state index contributed by atoms with van der Waals surface area (Å²) in [6.07, 6.45) is 6.88. The SMILES string of the molecule is C[C@@H]1CNCCN1C(=O)C1CC2C=CC1C2. The first-order chi connectivity index (χ1) is 7.75. The molecule has 0 aromatic carbocycles. The zero-order chi connectivity index (χ0) is 11.1. The van der Waals surface area contributed by atoms with Crippen LogP contribution in [0.3, 0.4) is 0 Å². The van der Waals surface area contributed by atoms with E-state index in [2.05, 4.69) is 29.3 Å². The Balaban J connectivity index is 1.70. The van der Waals surface area contributed by atoms with Crippen molar-refractivity contribution in [3.05, 3.63) is 12.2 Å². The molecule has 0 aromatic rings. The fourth-order valence-electron chi connectivity index (χ4n) is 3.45. The van der Waals surface area contributed by atoms with Crippen LogP contribution in [-0.2, 0) is 4.79 Å². The summed E-state index contributed by atoms with van der Waals surface area (Å²) in [7, 11) is 0. The van der Waals surface area contributed by atoms with E-state index in [1.54, 1.807) is 0 Å². The molecule has 0 aromatic heterocycles. The number of hydrogen-bond acceptors (Lipinski definition) is 2. The lowest BCUT2D eigenvalue weighted by Gasteiger charge is -2.36. The van der Waals surface area contributed by atoms with Crippen LogP contribution in [0.4, 0.5) is 0 Å². The Morgan fingerprint density at radius 1 is 1.38 bits per heavy atom. The third-order valence-corrected chi connectivity index (χ3v) is 4.38. The van der Waals surface area contributed by atoms with Gasteiger partial charge in [-0.3, -0.25) is 4.79 Å². The molecule has 1 saturated heterocycles. The van der Waals surface area contributed by atoms with Crippen LogP contribution >= 0.6 is 0 Å². The highest BCUT2D eigenvalue weighted by atomic mass is 16.2. The first kappa shape index (κ1) is 10.3. The first-order valence-corrected chi connectivity index (χ1v) is 6.45. The Kier molecular flexibility index (Phi) is 2.51. The van der Waals surface area contributed by atoms with Gasteiger partial charge in [-0.2, -0.15) is 0 Å². The third kappa shape index (κ3) is 1.58. The summed E-state index contributed by atoms with van der Waals surface area (Å²) in [6.45, 7) is 4.93. The Morgan fingerprint density at radius 2 is 2.25 bits per heavy atom. The largest absolute Gasteiger partial charge is 0.337 e. The second-order valence-corrected chi connectivity index (χ2v) is 5.47. The van der Waals surface area contributed by atoms with Crippen LogP contribution in [0.2, 0.25) is 0 Å². The average molecular weight is 220 g/mol. The van der Waals surface area contributed by atoms with Crippen molar-refractivity contribution >= 4 is 5.91 Å². The van der Waals surface area contributed by atoms with Gasteiger partial charge >= 0.3 is 0 Å². The van der Waals surface area contributed by atoms with E-state index in [0.717, 1.165) is 26.1 Å². The molecule has 0 radical (unpaired) electrons. The van der Waals surface area contributed by atoms with E-state index >= 15 is 0 Å². The second kappa shape index (κ2) is 3.88. The van der Waals surface area contributed by atoms with Crippen molar-refractivity contribution in [2.24, 2.45) is 17.8 Å². The fourth-order valence-corrected chi connectivity index (χ4v) is 3.45. The minimum absolute atomic E-state index is 0.288. The molecule has 1 saturated carbocycles. The van der Waals surface area contributed by atoms with Crippen LogP contribution in [0.5, 0.6) is 0 Å². The Labute approximate surface area is 96.9 Å². The lowest BCUT2D eigenvalue weighted by Crippen LogP contribution is -2.54. The number of fused-ring (bicyclic) bond motifs is 2. The third-order valence-electron chi connectivity index (χ3n) is 4.38. The van der Waals surface area contributed by atoms with Gasteiger partial charge in [0.25, 0.3) is 0 Å². The van der Waals surface area contributed by atoms with E-state index in [1.165, 1.54) is 6.42 Å². The number of hydrogen-bond donors (Lipinski definition) is 1. The van der Waals surface area contributed by atoms with Crippen molar-refractivity contribution in [1.82, 2.24) is 10.2 Å². The van der Waals surface area contributed by atoms with Gasteiger partial charge in [-0.05, 0) is 31.6 Å². The molecule has 3 aliphatic rings. The van der Waals surface area contributed by atoms with Crippen LogP contribution in [-0.4, -0.2) is 36.5 Å². The van der Waals surface area contributed by atoms with Gasteiger partial charge in [0, 0.05) is 31.6 Å². The number of nitrogens with zero attached hydrogens (tertiary/aromatic N) is 1. The molecule has 1 amide bonds. The summed E-state index contributed by atoms with van der Waals surface area (Å²) in [5.74, 6) is 1.93. The monoisotopic (exact) mass is 220 g/mol. The summed E-state index contributed by atoms with van der Waals surface area (Å²) >= 11 is 0. The molecule has 3 heteroatoms. The minimum atomic E-state index is 0.288. The minimum Gasteiger partial charge on any atom is -0.337 e. The van der Waals surface area contributed by atoms with Crippen molar-refractivity contribution in [3.8, 4) is 0 Å². The highest BCUT2D eigenvalue weighted by Gasteiger charge is 2.42. The van der Waals surface area contributed by atoms with Gasteiger partial charge in [0.15, 0.2) is 0 Å². The zero-order valence-corrected chi connectivity index (χ0v) is 9.86. The van der Waals surface area contributed by atoms with Crippen molar-refractivity contribution in [3.63, 3.8) is 0 Å². The second-order valence-electron chi connectivity index (χ2n) is 5.47. The quantitative estimate of drug-likeness (QED) is 0.669. The molecule has 2 fully saturated rings. The molecule has 0 spiro atoms. The predicted octanol–water partition coefficient (Wildman–Crippen LogP) is 1.02. The highest BCUT2D eigenvalue weighted by Crippen LogP contribution is 2.44. The van der Waals surface area contributed by atoms with Gasteiger partial charge in [-0.1, -0.05) is 12.2 Å². The topological polar surface area (TPSA) is 32.3 Å². The molecule has 2 bridgehead atoms. The number of rotatable bonds is 1. The van der Waals surface area contributed by atoms with Gasteiger partial charge in [-0.25, -0.2) is 0 Å². The van der Waals surface area contributed by atoms with Gasteiger partial charge in [0.1, 0.15) is 0 Å². The molecule has 3 unspecified atom stereocenters. The number of amides is 1. The first-order valence-electron chi connectivity index (χ1n) is 6.45. The smallest absolute Gasteiger partial charge is 0.226 e. The average Bonchev–Trinajstić information content (AvgIpc) is 2.90. The molecule has 16 heavy (non-hydrogen) atoms. The van der Waals surface area contributed by atoms with Crippen LogP contribution < -0.4 is 5.32 Å². The zero-order valence-electron chi connectivity index (χ0n) is 9.86. The lowest BCUT2D eigenvalue weighted by molar-refractivity contribution is -0.139. The normalized spacial score (nSPS) is 41.7. The molecular formula is C13H20N2O. The van der Waals surface area contributed by atoms with E-state index in [0.29, 0.717) is 23.8 Å². The van der Waals surface area contributed by atoms with Crippen LogP contribution in [0.15, 0.2) is 12.2 Å². The molecular weight excluding hydrogens is 200 g/mol. The molecule has 1 heterocycles. The summed E-state index contributed by atoms with van der Waals surface area (Å²) in [4.78, 5) is 14.6. The maximum Gasteiger partial charge on any atom is 0.226 e. The summed E-state index contributed by atoms with van der Waals surface area (Å²) in [5.41, 5.74) is 0. The molecule has 1 N–H and O–H groups in total. The van der Waals surface area contributed by atoms with Crippen molar-refractivity contribution in [2.45, 2.75) is 25.8 Å². The lowest BCUT2D eigenvalue weighted by atomic mass is 9.91. The Hall–Kier alpha value is -0.830. The Bertz CT molecular complexity index is 326. The van der Waals surface area contributed by atoms with Crippen LogP contribution in [0.25, 0.3) is 0 Å². The van der Waals surface area contributed by atoms with Gasteiger partial charge in [0.2, 0.25) is 5.91 Å². The van der Waals surface area contributed by atoms with E-state index in [9.17, 15) is 4.79 Å². The molecule has 3 rings (SSSR count). The number of piperazine rings is 1. The summed E-state index contributed by atoms with van der Waals surface area (Å²) in [5, 5.41) is 3.34. The van der Waals surface area contributed by atoms with Crippen LogP contribution in [0, 0.1) is 17.8 Å². The molecule has 2 aliphatic carbocycles. The Morgan fingerprint density at radius 3 is 2.88 bits per heavy atom. The van der Waals surface area contributed by atoms with Crippen molar-refractivity contribution < 1.29 is 4.79 Å². The number of nitrogens with one attached hydrogen (secondary N) is 1. The molecule has 1 aliphatic heterocycles. The number of allylic oxidation sites excluding steroid dienone is 2. The summed E-state index contributed by atoms with van der Waals surface area (Å²) < 4.78 is 0. The standard InChI is InChI=1S/C13H20N2O/c1-9-8-14-4-5-15(9)13(16)12-7-10-2-3-11(12)6-10/h2-3,9-12,14H,4-8H2,1H3/t9-,10?,11?,12?/m1/s1. The van der Waals surface area contributed by atoms with Crippen LogP contribution in [0.1, 0.15) is 19.8 Å². The molecule has 88 valence electrons. The summed E-state index contributed by atoms with van der Waals surface area (Å²) in [6, 6.07) is 0.365. The van der Waals surface area contributed by atoms with E-state index in [1.807, 2.05) is 0 Å². The molecule has 3 nitrogen and oxygen atoms in total. The molecule has 4 atom stereocenters. The predicted molar refractivity (Wildman–Crippen MR) is 62.9 cm³/mol.